The van der Waals surface area contributed by atoms with Crippen molar-refractivity contribution < 1.29 is 23.8 Å². The summed E-state index contributed by atoms with van der Waals surface area (Å²) in [5, 5.41) is 0.979. The van der Waals surface area contributed by atoms with Crippen molar-refractivity contribution in [1.29, 1.82) is 0 Å². The number of benzene rings is 1. The lowest BCUT2D eigenvalue weighted by atomic mass is 9.92. The standard InChI is InChI=1S/C18H18Cl2O5/c1-3-23-17(21)10-13-7-11(8-16(25-13)18(22)24-4-2)14-6-5-12(19)9-15(14)20/h5-6,8-11H,3-4,7H2,1-2H3/b13-10+. The van der Waals surface area contributed by atoms with Crippen LogP contribution in [-0.4, -0.2) is 25.2 Å². The van der Waals surface area contributed by atoms with Gasteiger partial charge in [-0.25, -0.2) is 9.59 Å². The first-order valence-corrected chi connectivity index (χ1v) is 8.59. The molecule has 0 aliphatic carbocycles. The molecule has 1 unspecified atom stereocenters. The van der Waals surface area contributed by atoms with Crippen LogP contribution in [0, 0.1) is 0 Å². The maximum Gasteiger partial charge on any atom is 0.373 e. The topological polar surface area (TPSA) is 61.8 Å². The van der Waals surface area contributed by atoms with E-state index in [1.807, 2.05) is 0 Å². The van der Waals surface area contributed by atoms with Crippen LogP contribution >= 0.6 is 23.2 Å². The van der Waals surface area contributed by atoms with E-state index in [1.165, 1.54) is 6.08 Å². The lowest BCUT2D eigenvalue weighted by Gasteiger charge is -2.24. The third kappa shape index (κ3) is 5.25. The van der Waals surface area contributed by atoms with Gasteiger partial charge >= 0.3 is 11.9 Å². The van der Waals surface area contributed by atoms with Crippen LogP contribution in [0.25, 0.3) is 0 Å². The Kier molecular flexibility index (Phi) is 6.91. The molecule has 1 aromatic carbocycles. The average Bonchev–Trinajstić information content (AvgIpc) is 2.55. The number of rotatable bonds is 5. The zero-order chi connectivity index (χ0) is 18.4. The largest absolute Gasteiger partial charge is 0.463 e. The predicted molar refractivity (Wildman–Crippen MR) is 94.3 cm³/mol. The third-order valence-corrected chi connectivity index (χ3v) is 3.98. The molecule has 0 bridgehead atoms. The van der Waals surface area contributed by atoms with Crippen LogP contribution in [0.4, 0.5) is 0 Å². The molecule has 0 N–H and O–H groups in total. The maximum absolute atomic E-state index is 12.1. The highest BCUT2D eigenvalue weighted by molar-refractivity contribution is 6.35. The first kappa shape index (κ1) is 19.3. The number of allylic oxidation sites excluding steroid dienone is 2. The first-order chi connectivity index (χ1) is 11.9. The minimum absolute atomic E-state index is 0.0136. The Morgan fingerprint density at radius 3 is 2.60 bits per heavy atom. The Bertz CT molecular complexity index is 724. The monoisotopic (exact) mass is 384 g/mol. The van der Waals surface area contributed by atoms with E-state index in [0.29, 0.717) is 22.2 Å². The van der Waals surface area contributed by atoms with Gasteiger partial charge in [-0.2, -0.15) is 0 Å². The highest BCUT2D eigenvalue weighted by Crippen LogP contribution is 2.37. The smallest absolute Gasteiger partial charge is 0.373 e. The second-order valence-electron chi connectivity index (χ2n) is 5.19. The van der Waals surface area contributed by atoms with Crippen molar-refractivity contribution in [3.63, 3.8) is 0 Å². The van der Waals surface area contributed by atoms with Crippen LogP contribution in [-0.2, 0) is 23.8 Å². The van der Waals surface area contributed by atoms with Crippen molar-refractivity contribution in [2.75, 3.05) is 13.2 Å². The van der Waals surface area contributed by atoms with Crippen LogP contribution in [0.5, 0.6) is 0 Å². The molecule has 0 saturated carbocycles. The summed E-state index contributed by atoms with van der Waals surface area (Å²) in [5.41, 5.74) is 0.769. The molecule has 0 amide bonds. The quantitative estimate of drug-likeness (QED) is 0.556. The molecule has 1 aliphatic heterocycles. The van der Waals surface area contributed by atoms with Gasteiger partial charge in [0.25, 0.3) is 0 Å². The molecule has 0 aromatic heterocycles. The van der Waals surface area contributed by atoms with Gasteiger partial charge in [0.2, 0.25) is 5.76 Å². The summed E-state index contributed by atoms with van der Waals surface area (Å²) in [6.07, 6.45) is 3.21. The van der Waals surface area contributed by atoms with Crippen molar-refractivity contribution in [2.45, 2.75) is 26.2 Å². The fraction of sp³-hybridized carbons (Fsp3) is 0.333. The second kappa shape index (κ2) is 8.92. The maximum atomic E-state index is 12.1. The molecule has 1 aliphatic rings. The van der Waals surface area contributed by atoms with Gasteiger partial charge in [-0.1, -0.05) is 29.3 Å². The van der Waals surface area contributed by atoms with Crippen molar-refractivity contribution in [3.8, 4) is 0 Å². The summed E-state index contributed by atoms with van der Waals surface area (Å²) >= 11 is 12.2. The molecule has 0 saturated heterocycles. The number of halogens is 2. The van der Waals surface area contributed by atoms with Crippen molar-refractivity contribution in [3.05, 3.63) is 57.5 Å². The highest BCUT2D eigenvalue weighted by atomic mass is 35.5. The van der Waals surface area contributed by atoms with Crippen LogP contribution in [0.15, 0.2) is 41.9 Å². The van der Waals surface area contributed by atoms with Gasteiger partial charge in [0.1, 0.15) is 5.76 Å². The van der Waals surface area contributed by atoms with Crippen molar-refractivity contribution in [2.24, 2.45) is 0 Å². The zero-order valence-electron chi connectivity index (χ0n) is 13.9. The van der Waals surface area contributed by atoms with Gasteiger partial charge in [-0.3, -0.25) is 0 Å². The highest BCUT2D eigenvalue weighted by Gasteiger charge is 2.27. The summed E-state index contributed by atoms with van der Waals surface area (Å²) < 4.78 is 15.4. The number of carbonyl (C=O) groups is 2. The van der Waals surface area contributed by atoms with Gasteiger partial charge in [0, 0.05) is 22.4 Å². The molecule has 134 valence electrons. The fourth-order valence-corrected chi connectivity index (χ4v) is 2.94. The van der Waals surface area contributed by atoms with Crippen molar-refractivity contribution >= 4 is 35.1 Å². The number of esters is 2. The van der Waals surface area contributed by atoms with Gasteiger partial charge in [-0.15, -0.1) is 0 Å². The van der Waals surface area contributed by atoms with E-state index in [-0.39, 0.29) is 24.9 Å². The molecule has 2 rings (SSSR count). The van der Waals surface area contributed by atoms with E-state index in [4.69, 9.17) is 37.4 Å². The number of hydrogen-bond donors (Lipinski definition) is 0. The molecule has 5 nitrogen and oxygen atoms in total. The Hall–Kier alpha value is -1.98. The van der Waals surface area contributed by atoms with Gasteiger partial charge in [0.05, 0.1) is 19.3 Å². The summed E-state index contributed by atoms with van der Waals surface area (Å²) in [5.74, 6) is -1.09. The fourth-order valence-electron chi connectivity index (χ4n) is 2.39. The Balaban J connectivity index is 2.37. The SMILES string of the molecule is CCOC(=O)/C=C1\CC(c2ccc(Cl)cc2Cl)C=C(C(=O)OCC)O1. The normalized spacial score (nSPS) is 18.3. The van der Waals surface area contributed by atoms with E-state index in [9.17, 15) is 9.59 Å². The van der Waals surface area contributed by atoms with E-state index < -0.39 is 11.9 Å². The minimum Gasteiger partial charge on any atom is -0.463 e. The number of ether oxygens (including phenoxy) is 3. The predicted octanol–water partition coefficient (Wildman–Crippen LogP) is 4.39. The molecule has 0 fully saturated rings. The third-order valence-electron chi connectivity index (χ3n) is 3.42. The molecule has 25 heavy (non-hydrogen) atoms. The summed E-state index contributed by atoms with van der Waals surface area (Å²) in [6.45, 7) is 3.86. The van der Waals surface area contributed by atoms with E-state index in [1.54, 1.807) is 38.1 Å². The van der Waals surface area contributed by atoms with Gasteiger partial charge < -0.3 is 14.2 Å². The zero-order valence-corrected chi connectivity index (χ0v) is 15.4. The second-order valence-corrected chi connectivity index (χ2v) is 6.04. The summed E-state index contributed by atoms with van der Waals surface area (Å²) in [6, 6.07) is 5.12. The lowest BCUT2D eigenvalue weighted by molar-refractivity contribution is -0.142. The van der Waals surface area contributed by atoms with E-state index in [2.05, 4.69) is 0 Å². The molecule has 0 spiro atoms. The first-order valence-electron chi connectivity index (χ1n) is 7.83. The van der Waals surface area contributed by atoms with Crippen LogP contribution < -0.4 is 0 Å². The minimum atomic E-state index is -0.605. The molecular formula is C18H18Cl2O5. The Labute approximate surface area is 156 Å². The average molecular weight is 385 g/mol. The Morgan fingerprint density at radius 2 is 1.96 bits per heavy atom. The molecule has 1 aromatic rings. The van der Waals surface area contributed by atoms with Crippen LogP contribution in [0.3, 0.4) is 0 Å². The van der Waals surface area contributed by atoms with E-state index >= 15 is 0 Å². The van der Waals surface area contributed by atoms with Crippen LogP contribution in [0.2, 0.25) is 10.0 Å². The molecule has 0 radical (unpaired) electrons. The summed E-state index contributed by atoms with van der Waals surface area (Å²) in [7, 11) is 0. The molecule has 1 heterocycles. The molecule has 7 heteroatoms. The number of carbonyl (C=O) groups excluding carboxylic acids is 2. The van der Waals surface area contributed by atoms with Gasteiger partial charge in [0.15, 0.2) is 0 Å². The van der Waals surface area contributed by atoms with Crippen molar-refractivity contribution in [1.82, 2.24) is 0 Å². The lowest BCUT2D eigenvalue weighted by Crippen LogP contribution is -2.18. The number of hydrogen-bond acceptors (Lipinski definition) is 5. The summed E-state index contributed by atoms with van der Waals surface area (Å²) in [4.78, 5) is 23.8. The molecule has 1 atom stereocenters. The van der Waals surface area contributed by atoms with E-state index in [0.717, 1.165) is 5.56 Å². The Morgan fingerprint density at radius 1 is 1.24 bits per heavy atom. The van der Waals surface area contributed by atoms with Crippen LogP contribution in [0.1, 0.15) is 31.7 Å². The van der Waals surface area contributed by atoms with Gasteiger partial charge in [-0.05, 0) is 37.6 Å². The molecular weight excluding hydrogens is 367 g/mol.